The second-order valence-corrected chi connectivity index (χ2v) is 5.32. The van der Waals surface area contributed by atoms with Crippen molar-refractivity contribution < 1.29 is 9.53 Å². The largest absolute Gasteiger partial charge is 0.491 e. The van der Waals surface area contributed by atoms with Crippen LogP contribution in [0.3, 0.4) is 0 Å². The third kappa shape index (κ3) is 4.06. The van der Waals surface area contributed by atoms with Crippen molar-refractivity contribution in [2.45, 2.75) is 20.0 Å². The molecule has 0 saturated carbocycles. The number of nitrogens with zero attached hydrogens (tertiary/aromatic N) is 1. The van der Waals surface area contributed by atoms with Crippen LogP contribution in [0.2, 0.25) is 0 Å². The molecule has 5 heteroatoms. The molecule has 0 bridgehead atoms. The molecule has 20 heavy (non-hydrogen) atoms. The maximum Gasteiger partial charge on any atom is 0.255 e. The van der Waals surface area contributed by atoms with Crippen LogP contribution in [0.4, 0.5) is 5.69 Å². The fourth-order valence-electron chi connectivity index (χ4n) is 1.64. The maximum atomic E-state index is 12.0. The molecule has 1 aromatic heterocycles. The molecule has 0 aliphatic rings. The van der Waals surface area contributed by atoms with Gasteiger partial charge in [-0.3, -0.25) is 4.79 Å². The minimum absolute atomic E-state index is 0.129. The van der Waals surface area contributed by atoms with Gasteiger partial charge in [-0.1, -0.05) is 0 Å². The second-order valence-electron chi connectivity index (χ2n) is 4.51. The molecule has 1 amide bonds. The number of carbonyl (C=O) groups is 1. The lowest BCUT2D eigenvalue weighted by atomic mass is 10.2. The van der Waals surface area contributed by atoms with Crippen molar-refractivity contribution in [2.24, 2.45) is 0 Å². The Morgan fingerprint density at radius 2 is 1.95 bits per heavy atom. The molecule has 0 atom stereocenters. The number of pyridine rings is 1. The first-order valence-electron chi connectivity index (χ1n) is 6.24. The lowest BCUT2D eigenvalue weighted by Gasteiger charge is -2.10. The summed E-state index contributed by atoms with van der Waals surface area (Å²) < 4.78 is 6.18. The van der Waals surface area contributed by atoms with E-state index >= 15 is 0 Å². The van der Waals surface area contributed by atoms with Crippen molar-refractivity contribution in [3.05, 3.63) is 52.8 Å². The summed E-state index contributed by atoms with van der Waals surface area (Å²) in [6, 6.07) is 10.6. The van der Waals surface area contributed by atoms with Crippen LogP contribution < -0.4 is 10.1 Å². The molecule has 2 aromatic rings. The van der Waals surface area contributed by atoms with E-state index in [1.54, 1.807) is 18.3 Å². The minimum atomic E-state index is -0.175. The first-order chi connectivity index (χ1) is 9.54. The molecule has 1 heterocycles. The van der Waals surface area contributed by atoms with E-state index in [0.29, 0.717) is 10.2 Å². The molecular weight excluding hydrogens is 320 g/mol. The minimum Gasteiger partial charge on any atom is -0.491 e. The van der Waals surface area contributed by atoms with E-state index < -0.39 is 0 Å². The van der Waals surface area contributed by atoms with Gasteiger partial charge in [0.25, 0.3) is 5.91 Å². The molecule has 0 fully saturated rings. The molecule has 2 rings (SSSR count). The average Bonchev–Trinajstić information content (AvgIpc) is 2.40. The number of benzene rings is 1. The maximum absolute atomic E-state index is 12.0. The van der Waals surface area contributed by atoms with E-state index in [-0.39, 0.29) is 12.0 Å². The van der Waals surface area contributed by atoms with Crippen LogP contribution in [0.1, 0.15) is 24.2 Å². The summed E-state index contributed by atoms with van der Waals surface area (Å²) >= 11 is 3.24. The van der Waals surface area contributed by atoms with Crippen LogP contribution in [-0.4, -0.2) is 17.0 Å². The molecule has 0 spiro atoms. The molecule has 0 unspecified atom stereocenters. The third-order valence-corrected chi connectivity index (χ3v) is 2.91. The molecule has 0 aliphatic carbocycles. The van der Waals surface area contributed by atoms with Crippen molar-refractivity contribution in [3.8, 4) is 5.75 Å². The number of hydrogen-bond acceptors (Lipinski definition) is 3. The van der Waals surface area contributed by atoms with Gasteiger partial charge in [0.2, 0.25) is 0 Å². The van der Waals surface area contributed by atoms with Gasteiger partial charge in [-0.25, -0.2) is 4.98 Å². The Bertz CT molecular complexity index is 597. The van der Waals surface area contributed by atoms with E-state index in [0.717, 1.165) is 11.4 Å². The van der Waals surface area contributed by atoms with Gasteiger partial charge in [-0.15, -0.1) is 0 Å². The van der Waals surface area contributed by atoms with Crippen molar-refractivity contribution in [2.75, 3.05) is 5.32 Å². The molecule has 1 aromatic carbocycles. The van der Waals surface area contributed by atoms with Gasteiger partial charge in [0.15, 0.2) is 0 Å². The number of ether oxygens (including phenoxy) is 1. The number of aromatic nitrogens is 1. The molecule has 0 saturated heterocycles. The number of anilines is 1. The highest BCUT2D eigenvalue weighted by molar-refractivity contribution is 9.10. The lowest BCUT2D eigenvalue weighted by Crippen LogP contribution is -2.12. The fraction of sp³-hybridized carbons (Fsp3) is 0.200. The summed E-state index contributed by atoms with van der Waals surface area (Å²) in [6.45, 7) is 3.94. The van der Waals surface area contributed by atoms with Gasteiger partial charge in [0.05, 0.1) is 6.10 Å². The van der Waals surface area contributed by atoms with Crippen molar-refractivity contribution in [1.82, 2.24) is 4.98 Å². The summed E-state index contributed by atoms with van der Waals surface area (Å²) in [7, 11) is 0. The van der Waals surface area contributed by atoms with Crippen molar-refractivity contribution >= 4 is 27.5 Å². The number of carbonyl (C=O) groups excluding carboxylic acids is 1. The normalized spacial score (nSPS) is 10.4. The van der Waals surface area contributed by atoms with E-state index in [1.165, 1.54) is 0 Å². The van der Waals surface area contributed by atoms with Crippen molar-refractivity contribution in [3.63, 3.8) is 0 Å². The molecule has 104 valence electrons. The number of nitrogens with one attached hydrogen (secondary N) is 1. The average molecular weight is 335 g/mol. The first kappa shape index (κ1) is 14.5. The predicted octanol–water partition coefficient (Wildman–Crippen LogP) is 3.88. The van der Waals surface area contributed by atoms with E-state index in [9.17, 15) is 4.79 Å². The van der Waals surface area contributed by atoms with Crippen LogP contribution in [0.25, 0.3) is 0 Å². The van der Waals surface area contributed by atoms with Gasteiger partial charge >= 0.3 is 0 Å². The Morgan fingerprint density at radius 1 is 1.25 bits per heavy atom. The summed E-state index contributed by atoms with van der Waals surface area (Å²) in [5.74, 6) is 0.607. The fourth-order valence-corrected chi connectivity index (χ4v) is 2.00. The van der Waals surface area contributed by atoms with E-state index in [4.69, 9.17) is 4.74 Å². The van der Waals surface area contributed by atoms with Crippen molar-refractivity contribution in [1.29, 1.82) is 0 Å². The molecule has 1 N–H and O–H groups in total. The quantitative estimate of drug-likeness (QED) is 0.863. The summed E-state index contributed by atoms with van der Waals surface area (Å²) in [5.41, 5.74) is 1.27. The monoisotopic (exact) mass is 334 g/mol. The molecule has 4 nitrogen and oxygen atoms in total. The number of rotatable bonds is 4. The highest BCUT2D eigenvalue weighted by Crippen LogP contribution is 2.18. The van der Waals surface area contributed by atoms with Crippen LogP contribution >= 0.6 is 15.9 Å². The second kappa shape index (κ2) is 6.52. The molecular formula is C15H15BrN2O2. The Labute approximate surface area is 126 Å². The Kier molecular flexibility index (Phi) is 4.74. The zero-order valence-electron chi connectivity index (χ0n) is 11.3. The van der Waals surface area contributed by atoms with Gasteiger partial charge in [-0.05, 0) is 66.2 Å². The first-order valence-corrected chi connectivity index (χ1v) is 7.03. The van der Waals surface area contributed by atoms with Gasteiger partial charge in [0, 0.05) is 17.4 Å². The van der Waals surface area contributed by atoms with Gasteiger partial charge < -0.3 is 10.1 Å². The number of amides is 1. The number of halogens is 1. The molecule has 0 aliphatic heterocycles. The Morgan fingerprint density at radius 3 is 2.55 bits per heavy atom. The third-order valence-electron chi connectivity index (χ3n) is 2.47. The lowest BCUT2D eigenvalue weighted by molar-refractivity contribution is 0.102. The summed E-state index contributed by atoms with van der Waals surface area (Å²) in [5, 5.41) is 2.82. The van der Waals surface area contributed by atoms with Crippen LogP contribution in [0.5, 0.6) is 5.75 Å². The smallest absolute Gasteiger partial charge is 0.255 e. The number of hydrogen-bond donors (Lipinski definition) is 1. The SMILES string of the molecule is CC(C)Oc1ccc(NC(=O)c2ccnc(Br)c2)cc1. The van der Waals surface area contributed by atoms with Gasteiger partial charge in [0.1, 0.15) is 10.4 Å². The van der Waals surface area contributed by atoms with Crippen LogP contribution in [0.15, 0.2) is 47.2 Å². The standard InChI is InChI=1S/C15H15BrN2O2/c1-10(2)20-13-5-3-12(4-6-13)18-15(19)11-7-8-17-14(16)9-11/h3-10H,1-2H3,(H,18,19). The Hall–Kier alpha value is -1.88. The highest BCUT2D eigenvalue weighted by atomic mass is 79.9. The van der Waals surface area contributed by atoms with Crippen LogP contribution in [-0.2, 0) is 0 Å². The summed E-state index contributed by atoms with van der Waals surface area (Å²) in [4.78, 5) is 16.0. The van der Waals surface area contributed by atoms with Gasteiger partial charge in [-0.2, -0.15) is 0 Å². The molecule has 0 radical (unpaired) electrons. The highest BCUT2D eigenvalue weighted by Gasteiger charge is 2.07. The van der Waals surface area contributed by atoms with E-state index in [2.05, 4.69) is 26.2 Å². The zero-order valence-corrected chi connectivity index (χ0v) is 12.8. The van der Waals surface area contributed by atoms with Crippen LogP contribution in [0, 0.1) is 0 Å². The van der Waals surface area contributed by atoms with E-state index in [1.807, 2.05) is 38.1 Å². The zero-order chi connectivity index (χ0) is 14.5. The Balaban J connectivity index is 2.04. The summed E-state index contributed by atoms with van der Waals surface area (Å²) in [6.07, 6.45) is 1.71. The predicted molar refractivity (Wildman–Crippen MR) is 82.1 cm³/mol. The topological polar surface area (TPSA) is 51.2 Å².